The molecule has 1 aromatic heterocycles. The quantitative estimate of drug-likeness (QED) is 0.791. The van der Waals surface area contributed by atoms with E-state index in [9.17, 15) is 4.79 Å². The van der Waals surface area contributed by atoms with E-state index in [-0.39, 0.29) is 18.0 Å². The van der Waals surface area contributed by atoms with Crippen LogP contribution < -0.4 is 11.1 Å². The Labute approximate surface area is 102 Å². The lowest BCUT2D eigenvalue weighted by atomic mass is 10.1. The lowest BCUT2D eigenvalue weighted by molar-refractivity contribution is -0.122. The SMILES string of the molecule is CNC(=O)CN(C)C(c1ccc(C)o1)C(C)N. The first-order valence-corrected chi connectivity index (χ1v) is 5.68. The molecule has 0 aliphatic carbocycles. The summed E-state index contributed by atoms with van der Waals surface area (Å²) in [5, 5.41) is 2.59. The molecule has 17 heavy (non-hydrogen) atoms. The van der Waals surface area contributed by atoms with Gasteiger partial charge < -0.3 is 15.5 Å². The van der Waals surface area contributed by atoms with Gasteiger partial charge in [-0.2, -0.15) is 0 Å². The molecule has 2 unspecified atom stereocenters. The van der Waals surface area contributed by atoms with Crippen molar-refractivity contribution in [2.24, 2.45) is 5.73 Å². The van der Waals surface area contributed by atoms with Crippen molar-refractivity contribution in [3.05, 3.63) is 23.7 Å². The van der Waals surface area contributed by atoms with E-state index in [4.69, 9.17) is 10.2 Å². The van der Waals surface area contributed by atoms with Crippen LogP contribution in [0.5, 0.6) is 0 Å². The first kappa shape index (κ1) is 13.7. The highest BCUT2D eigenvalue weighted by atomic mass is 16.3. The number of hydrogen-bond acceptors (Lipinski definition) is 4. The fraction of sp³-hybridized carbons (Fsp3) is 0.583. The summed E-state index contributed by atoms with van der Waals surface area (Å²) in [6.07, 6.45) is 0. The van der Waals surface area contributed by atoms with Gasteiger partial charge in [0.25, 0.3) is 0 Å². The summed E-state index contributed by atoms with van der Waals surface area (Å²) in [6.45, 7) is 4.09. The average molecular weight is 239 g/mol. The van der Waals surface area contributed by atoms with Gasteiger partial charge in [-0.15, -0.1) is 0 Å². The van der Waals surface area contributed by atoms with Crippen molar-refractivity contribution in [3.8, 4) is 0 Å². The van der Waals surface area contributed by atoms with Gasteiger partial charge in [0.1, 0.15) is 11.5 Å². The van der Waals surface area contributed by atoms with Gasteiger partial charge >= 0.3 is 0 Å². The Morgan fingerprint density at radius 2 is 2.24 bits per heavy atom. The molecule has 1 aromatic rings. The molecule has 1 rings (SSSR count). The second-order valence-corrected chi connectivity index (χ2v) is 4.34. The smallest absolute Gasteiger partial charge is 0.233 e. The Hall–Kier alpha value is -1.33. The van der Waals surface area contributed by atoms with Gasteiger partial charge in [0.2, 0.25) is 5.91 Å². The number of amides is 1. The molecule has 0 aromatic carbocycles. The summed E-state index contributed by atoms with van der Waals surface area (Å²) in [4.78, 5) is 13.3. The zero-order valence-corrected chi connectivity index (χ0v) is 10.9. The van der Waals surface area contributed by atoms with Crippen molar-refractivity contribution in [1.29, 1.82) is 0 Å². The summed E-state index contributed by atoms with van der Waals surface area (Å²) in [7, 11) is 3.48. The maximum atomic E-state index is 11.4. The Morgan fingerprint density at radius 1 is 1.59 bits per heavy atom. The van der Waals surface area contributed by atoms with Crippen molar-refractivity contribution in [2.45, 2.75) is 25.9 Å². The highest BCUT2D eigenvalue weighted by Crippen LogP contribution is 2.23. The van der Waals surface area contributed by atoms with Crippen LogP contribution in [0.1, 0.15) is 24.5 Å². The van der Waals surface area contributed by atoms with Gasteiger partial charge in [-0.3, -0.25) is 9.69 Å². The Morgan fingerprint density at radius 3 is 2.65 bits per heavy atom. The second-order valence-electron chi connectivity index (χ2n) is 4.34. The molecule has 3 N–H and O–H groups in total. The van der Waals surface area contributed by atoms with Crippen molar-refractivity contribution in [3.63, 3.8) is 0 Å². The fourth-order valence-corrected chi connectivity index (χ4v) is 1.89. The molecule has 1 heterocycles. The Bertz CT molecular complexity index is 374. The number of nitrogens with one attached hydrogen (secondary N) is 1. The molecule has 96 valence electrons. The molecule has 1 amide bonds. The zero-order valence-electron chi connectivity index (χ0n) is 10.9. The minimum atomic E-state index is -0.116. The standard InChI is InChI=1S/C12H21N3O2/c1-8-5-6-10(17-8)12(9(2)13)15(4)7-11(16)14-3/h5-6,9,12H,7,13H2,1-4H3,(H,14,16). The third kappa shape index (κ3) is 3.57. The summed E-state index contributed by atoms with van der Waals surface area (Å²) < 4.78 is 5.59. The normalized spacial score (nSPS) is 14.7. The molecule has 0 saturated carbocycles. The fourth-order valence-electron chi connectivity index (χ4n) is 1.89. The number of nitrogens with two attached hydrogens (primary N) is 1. The molecule has 0 spiro atoms. The Balaban J connectivity index is 2.82. The van der Waals surface area contributed by atoms with E-state index in [1.54, 1.807) is 7.05 Å². The van der Waals surface area contributed by atoms with E-state index in [0.29, 0.717) is 6.54 Å². The number of carbonyl (C=O) groups excluding carboxylic acids is 1. The largest absolute Gasteiger partial charge is 0.465 e. The Kier molecular flexibility index (Phi) is 4.72. The summed E-state index contributed by atoms with van der Waals surface area (Å²) >= 11 is 0. The third-order valence-electron chi connectivity index (χ3n) is 2.70. The van der Waals surface area contributed by atoms with Gasteiger partial charge in [-0.05, 0) is 33.0 Å². The monoisotopic (exact) mass is 239 g/mol. The van der Waals surface area contributed by atoms with Crippen LogP contribution in [-0.4, -0.2) is 37.5 Å². The van der Waals surface area contributed by atoms with Crippen LogP contribution in [0, 0.1) is 6.92 Å². The van der Waals surface area contributed by atoms with E-state index in [1.165, 1.54) is 0 Å². The predicted molar refractivity (Wildman–Crippen MR) is 66.5 cm³/mol. The molecule has 0 bridgehead atoms. The highest BCUT2D eigenvalue weighted by Gasteiger charge is 2.25. The first-order chi connectivity index (χ1) is 7.95. The maximum absolute atomic E-state index is 11.4. The number of hydrogen-bond donors (Lipinski definition) is 2. The topological polar surface area (TPSA) is 71.5 Å². The molecular formula is C12H21N3O2. The molecule has 0 aliphatic rings. The van der Waals surface area contributed by atoms with Crippen LogP contribution in [0.4, 0.5) is 0 Å². The molecule has 2 atom stereocenters. The third-order valence-corrected chi connectivity index (χ3v) is 2.70. The zero-order chi connectivity index (χ0) is 13.0. The van der Waals surface area contributed by atoms with Gasteiger partial charge in [0.05, 0.1) is 12.6 Å². The van der Waals surface area contributed by atoms with E-state index < -0.39 is 0 Å². The highest BCUT2D eigenvalue weighted by molar-refractivity contribution is 5.77. The van der Waals surface area contributed by atoms with Crippen molar-refractivity contribution >= 4 is 5.91 Å². The lowest BCUT2D eigenvalue weighted by Gasteiger charge is -2.28. The molecule has 0 aliphatic heterocycles. The molecular weight excluding hydrogens is 218 g/mol. The molecule has 5 nitrogen and oxygen atoms in total. The second kappa shape index (κ2) is 5.84. The van der Waals surface area contributed by atoms with Crippen LogP contribution in [0.25, 0.3) is 0 Å². The van der Waals surface area contributed by atoms with Crippen LogP contribution in [0.2, 0.25) is 0 Å². The van der Waals surface area contributed by atoms with E-state index >= 15 is 0 Å². The average Bonchev–Trinajstić information content (AvgIpc) is 2.64. The summed E-state index contributed by atoms with van der Waals surface area (Å²) in [5.74, 6) is 1.60. The van der Waals surface area contributed by atoms with E-state index in [2.05, 4.69) is 5.32 Å². The van der Waals surface area contributed by atoms with Crippen LogP contribution >= 0.6 is 0 Å². The molecule has 5 heteroatoms. The van der Waals surface area contributed by atoms with Gasteiger partial charge in [-0.25, -0.2) is 0 Å². The number of aryl methyl sites for hydroxylation is 1. The van der Waals surface area contributed by atoms with Gasteiger partial charge in [0, 0.05) is 13.1 Å². The number of likely N-dealkylation sites (N-methyl/N-ethyl adjacent to an activating group) is 2. The van der Waals surface area contributed by atoms with E-state index in [0.717, 1.165) is 11.5 Å². The molecule has 0 radical (unpaired) electrons. The van der Waals surface area contributed by atoms with Crippen LogP contribution in [-0.2, 0) is 4.79 Å². The van der Waals surface area contributed by atoms with Crippen molar-refractivity contribution in [2.75, 3.05) is 20.6 Å². The molecule has 0 saturated heterocycles. The lowest BCUT2D eigenvalue weighted by Crippen LogP contribution is -2.41. The van der Waals surface area contributed by atoms with Crippen molar-refractivity contribution in [1.82, 2.24) is 10.2 Å². The van der Waals surface area contributed by atoms with Crippen LogP contribution in [0.15, 0.2) is 16.5 Å². The number of carbonyl (C=O) groups is 1. The number of nitrogens with zero attached hydrogens (tertiary/aromatic N) is 1. The predicted octanol–water partition coefficient (Wildman–Crippen LogP) is 0.654. The van der Waals surface area contributed by atoms with Crippen molar-refractivity contribution < 1.29 is 9.21 Å². The van der Waals surface area contributed by atoms with E-state index in [1.807, 2.05) is 37.9 Å². The maximum Gasteiger partial charge on any atom is 0.233 e. The van der Waals surface area contributed by atoms with Gasteiger partial charge in [-0.1, -0.05) is 0 Å². The summed E-state index contributed by atoms with van der Waals surface area (Å²) in [6, 6.07) is 3.60. The summed E-state index contributed by atoms with van der Waals surface area (Å²) in [5.41, 5.74) is 5.96. The first-order valence-electron chi connectivity index (χ1n) is 5.68. The van der Waals surface area contributed by atoms with Crippen LogP contribution in [0.3, 0.4) is 0 Å². The minimum Gasteiger partial charge on any atom is -0.465 e. The molecule has 0 fully saturated rings. The number of furan rings is 1. The minimum absolute atomic E-state index is 0.0403. The number of rotatable bonds is 5. The van der Waals surface area contributed by atoms with Gasteiger partial charge in [0.15, 0.2) is 0 Å².